The Labute approximate surface area is 173 Å². The van der Waals surface area contributed by atoms with Gasteiger partial charge in [-0.05, 0) is 64.2 Å². The zero-order chi connectivity index (χ0) is 21.4. The van der Waals surface area contributed by atoms with E-state index in [1.807, 2.05) is 33.8 Å². The number of esters is 1. The summed E-state index contributed by atoms with van der Waals surface area (Å²) in [6, 6.07) is 4.01. The second kappa shape index (κ2) is 7.85. The maximum absolute atomic E-state index is 13.3. The molecule has 1 fully saturated rings. The SMILES string of the molecule is CCc1cc(C)cc(OC)c1C1=C(OC(=O)C(C)(C)C)C2(CCCCC2)NC1=O. The Morgan fingerprint density at radius 3 is 2.38 bits per heavy atom. The molecule has 1 N–H and O–H groups in total. The van der Waals surface area contributed by atoms with Gasteiger partial charge in [-0.15, -0.1) is 0 Å². The Bertz CT molecular complexity index is 829. The fourth-order valence-electron chi connectivity index (χ4n) is 4.36. The van der Waals surface area contributed by atoms with E-state index in [0.29, 0.717) is 17.1 Å². The van der Waals surface area contributed by atoms with E-state index < -0.39 is 11.0 Å². The predicted molar refractivity (Wildman–Crippen MR) is 114 cm³/mol. The van der Waals surface area contributed by atoms with E-state index in [2.05, 4.69) is 18.3 Å². The highest BCUT2D eigenvalue weighted by atomic mass is 16.5. The first-order valence-corrected chi connectivity index (χ1v) is 10.6. The zero-order valence-electron chi connectivity index (χ0n) is 18.5. The molecule has 3 rings (SSSR count). The number of carbonyl (C=O) groups is 2. The van der Waals surface area contributed by atoms with Crippen molar-refractivity contribution in [2.75, 3.05) is 7.11 Å². The Hall–Kier alpha value is -2.30. The van der Waals surface area contributed by atoms with Crippen molar-refractivity contribution in [1.82, 2.24) is 5.32 Å². The molecule has 1 heterocycles. The number of hydrogen-bond acceptors (Lipinski definition) is 4. The smallest absolute Gasteiger partial charge is 0.316 e. The average molecular weight is 400 g/mol. The molecule has 0 atom stereocenters. The summed E-state index contributed by atoms with van der Waals surface area (Å²) in [4.78, 5) is 26.2. The summed E-state index contributed by atoms with van der Waals surface area (Å²) in [6.07, 6.45) is 5.43. The first-order valence-electron chi connectivity index (χ1n) is 10.6. The number of ether oxygens (including phenoxy) is 2. The standard InChI is InChI=1S/C24H33NO4/c1-7-16-13-15(2)14-17(28-6)18(16)19-20(29-22(27)23(3,4)5)24(25-21(19)26)11-9-8-10-12-24/h13-14H,7-12H2,1-6H3,(H,25,26). The molecule has 1 aromatic carbocycles. The first-order chi connectivity index (χ1) is 13.6. The van der Waals surface area contributed by atoms with Gasteiger partial charge in [-0.25, -0.2) is 0 Å². The number of aryl methyl sites for hydroxylation is 2. The molecule has 2 aliphatic rings. The zero-order valence-corrected chi connectivity index (χ0v) is 18.5. The Kier molecular flexibility index (Phi) is 5.79. The molecule has 0 saturated heterocycles. The van der Waals surface area contributed by atoms with Crippen LogP contribution in [0.5, 0.6) is 5.75 Å². The number of carbonyl (C=O) groups excluding carboxylic acids is 2. The lowest BCUT2D eigenvalue weighted by molar-refractivity contribution is -0.149. The molecular formula is C24H33NO4. The van der Waals surface area contributed by atoms with Gasteiger partial charge in [0.2, 0.25) is 0 Å². The van der Waals surface area contributed by atoms with Crippen molar-refractivity contribution in [1.29, 1.82) is 0 Å². The van der Waals surface area contributed by atoms with Crippen LogP contribution in [-0.2, 0) is 20.7 Å². The van der Waals surface area contributed by atoms with E-state index in [9.17, 15) is 9.59 Å². The van der Waals surface area contributed by atoms with Gasteiger partial charge in [-0.1, -0.05) is 32.3 Å². The van der Waals surface area contributed by atoms with Crippen molar-refractivity contribution in [2.24, 2.45) is 5.41 Å². The van der Waals surface area contributed by atoms with E-state index in [0.717, 1.165) is 55.2 Å². The predicted octanol–water partition coefficient (Wildman–Crippen LogP) is 4.70. The molecule has 1 saturated carbocycles. The van der Waals surface area contributed by atoms with Crippen molar-refractivity contribution in [3.05, 3.63) is 34.6 Å². The van der Waals surface area contributed by atoms with Gasteiger partial charge in [0.25, 0.3) is 5.91 Å². The number of nitrogens with one attached hydrogen (secondary N) is 1. The van der Waals surface area contributed by atoms with E-state index >= 15 is 0 Å². The quantitative estimate of drug-likeness (QED) is 0.746. The molecule has 1 aromatic rings. The van der Waals surface area contributed by atoms with Gasteiger partial charge in [-0.2, -0.15) is 0 Å². The van der Waals surface area contributed by atoms with Crippen LogP contribution in [0.3, 0.4) is 0 Å². The highest BCUT2D eigenvalue weighted by molar-refractivity contribution is 6.24. The van der Waals surface area contributed by atoms with Gasteiger partial charge < -0.3 is 14.8 Å². The fourth-order valence-corrected chi connectivity index (χ4v) is 4.36. The number of rotatable bonds is 4. The Balaban J connectivity index is 2.26. The summed E-state index contributed by atoms with van der Waals surface area (Å²) in [7, 11) is 1.61. The fraction of sp³-hybridized carbons (Fsp3) is 0.583. The van der Waals surface area contributed by atoms with Crippen LogP contribution in [0.4, 0.5) is 0 Å². The Morgan fingerprint density at radius 1 is 1.17 bits per heavy atom. The van der Waals surface area contributed by atoms with Crippen molar-refractivity contribution in [3.8, 4) is 5.75 Å². The number of methoxy groups -OCH3 is 1. The molecule has 0 radical (unpaired) electrons. The lowest BCUT2D eigenvalue weighted by Gasteiger charge is -2.35. The van der Waals surface area contributed by atoms with Crippen molar-refractivity contribution in [2.45, 2.75) is 78.7 Å². The van der Waals surface area contributed by atoms with Crippen LogP contribution in [0.25, 0.3) is 5.57 Å². The molecular weight excluding hydrogens is 366 g/mol. The summed E-state index contributed by atoms with van der Waals surface area (Å²) in [6.45, 7) is 9.56. The van der Waals surface area contributed by atoms with Gasteiger partial charge in [0.1, 0.15) is 11.5 Å². The van der Waals surface area contributed by atoms with Crippen molar-refractivity contribution in [3.63, 3.8) is 0 Å². The third kappa shape index (κ3) is 3.92. The molecule has 0 bridgehead atoms. The topological polar surface area (TPSA) is 64.6 Å². The lowest BCUT2D eigenvalue weighted by Crippen LogP contribution is -2.47. The molecule has 0 aromatic heterocycles. The maximum Gasteiger partial charge on any atom is 0.316 e. The third-order valence-corrected chi connectivity index (χ3v) is 5.93. The molecule has 5 nitrogen and oxygen atoms in total. The van der Waals surface area contributed by atoms with Crippen molar-refractivity contribution < 1.29 is 19.1 Å². The summed E-state index contributed by atoms with van der Waals surface area (Å²) in [5.41, 5.74) is 2.03. The molecule has 158 valence electrons. The maximum atomic E-state index is 13.3. The summed E-state index contributed by atoms with van der Waals surface area (Å²) in [5.74, 6) is 0.624. The van der Waals surface area contributed by atoms with E-state index in [-0.39, 0.29) is 11.9 Å². The van der Waals surface area contributed by atoms with Crippen LogP contribution in [0.15, 0.2) is 17.9 Å². The van der Waals surface area contributed by atoms with Gasteiger partial charge in [0.15, 0.2) is 0 Å². The summed E-state index contributed by atoms with van der Waals surface area (Å²) < 4.78 is 11.7. The van der Waals surface area contributed by atoms with Gasteiger partial charge in [-0.3, -0.25) is 9.59 Å². The van der Waals surface area contributed by atoms with E-state index in [1.165, 1.54) is 0 Å². The molecule has 29 heavy (non-hydrogen) atoms. The van der Waals surface area contributed by atoms with Crippen molar-refractivity contribution >= 4 is 17.4 Å². The van der Waals surface area contributed by atoms with Gasteiger partial charge in [0, 0.05) is 5.56 Å². The highest BCUT2D eigenvalue weighted by Crippen LogP contribution is 2.46. The van der Waals surface area contributed by atoms with E-state index in [1.54, 1.807) is 7.11 Å². The summed E-state index contributed by atoms with van der Waals surface area (Å²) in [5, 5.41) is 3.20. The monoisotopic (exact) mass is 399 g/mol. The minimum absolute atomic E-state index is 0.180. The molecule has 0 unspecified atom stereocenters. The van der Waals surface area contributed by atoms with Gasteiger partial charge >= 0.3 is 5.97 Å². The first kappa shape index (κ1) is 21.4. The molecule has 5 heteroatoms. The third-order valence-electron chi connectivity index (χ3n) is 5.93. The second-order valence-corrected chi connectivity index (χ2v) is 9.30. The van der Waals surface area contributed by atoms with Crippen LogP contribution in [0.2, 0.25) is 0 Å². The minimum Gasteiger partial charge on any atom is -0.496 e. The minimum atomic E-state index is -0.662. The molecule has 1 aliphatic heterocycles. The van der Waals surface area contributed by atoms with Crippen LogP contribution in [0, 0.1) is 12.3 Å². The normalized spacial score (nSPS) is 18.8. The lowest BCUT2D eigenvalue weighted by atomic mass is 9.80. The number of benzene rings is 1. The second-order valence-electron chi connectivity index (χ2n) is 9.30. The molecule has 1 amide bonds. The highest BCUT2D eigenvalue weighted by Gasteiger charge is 2.50. The van der Waals surface area contributed by atoms with Crippen LogP contribution in [0.1, 0.15) is 76.5 Å². The molecule has 1 aliphatic carbocycles. The summed E-state index contributed by atoms with van der Waals surface area (Å²) >= 11 is 0. The van der Waals surface area contributed by atoms with Crippen LogP contribution < -0.4 is 10.1 Å². The largest absolute Gasteiger partial charge is 0.496 e. The van der Waals surface area contributed by atoms with Crippen LogP contribution in [-0.4, -0.2) is 24.5 Å². The van der Waals surface area contributed by atoms with E-state index in [4.69, 9.17) is 9.47 Å². The Morgan fingerprint density at radius 2 is 1.83 bits per heavy atom. The van der Waals surface area contributed by atoms with Crippen LogP contribution >= 0.6 is 0 Å². The average Bonchev–Trinajstić information content (AvgIpc) is 2.91. The molecule has 1 spiro atoms. The van der Waals surface area contributed by atoms with Gasteiger partial charge in [0.05, 0.1) is 23.6 Å². The number of hydrogen-bond donors (Lipinski definition) is 1. The number of amides is 1.